The third-order valence-corrected chi connectivity index (χ3v) is 3.28. The summed E-state index contributed by atoms with van der Waals surface area (Å²) in [5.74, 6) is -0.422. The van der Waals surface area contributed by atoms with Crippen molar-refractivity contribution in [3.05, 3.63) is 47.7 Å². The SMILES string of the molecule is CN(C)/C=C1/CN(C(=O)O)CC(c2ccccc2)C1=O. The van der Waals surface area contributed by atoms with E-state index >= 15 is 0 Å². The summed E-state index contributed by atoms with van der Waals surface area (Å²) in [6.45, 7) is 0.360. The maximum Gasteiger partial charge on any atom is 0.407 e. The van der Waals surface area contributed by atoms with Gasteiger partial charge in [0.1, 0.15) is 0 Å². The van der Waals surface area contributed by atoms with Gasteiger partial charge in [-0.25, -0.2) is 4.79 Å². The molecule has 0 saturated carbocycles. The standard InChI is InChI=1S/C15H18N2O3/c1-16(2)8-12-9-17(15(19)20)10-13(14(12)18)11-6-4-3-5-7-11/h3-8,13H,9-10H2,1-2H3,(H,19,20)/b12-8-. The lowest BCUT2D eigenvalue weighted by molar-refractivity contribution is -0.118. The van der Waals surface area contributed by atoms with Gasteiger partial charge in [-0.3, -0.25) is 4.79 Å². The molecule has 1 fully saturated rings. The highest BCUT2D eigenvalue weighted by Crippen LogP contribution is 2.27. The van der Waals surface area contributed by atoms with Crippen molar-refractivity contribution in [3.63, 3.8) is 0 Å². The number of amides is 1. The Hall–Kier alpha value is -2.30. The summed E-state index contributed by atoms with van der Waals surface area (Å²) < 4.78 is 0. The summed E-state index contributed by atoms with van der Waals surface area (Å²) in [4.78, 5) is 26.8. The van der Waals surface area contributed by atoms with Crippen LogP contribution in [0, 0.1) is 0 Å². The Morgan fingerprint density at radius 3 is 2.55 bits per heavy atom. The molecule has 1 aromatic rings. The van der Waals surface area contributed by atoms with Crippen LogP contribution in [0.3, 0.4) is 0 Å². The van der Waals surface area contributed by atoms with Crippen LogP contribution in [0.5, 0.6) is 0 Å². The van der Waals surface area contributed by atoms with Crippen LogP contribution in [0.1, 0.15) is 11.5 Å². The van der Waals surface area contributed by atoms with Crippen LogP contribution in [0.4, 0.5) is 4.79 Å². The molecule has 1 saturated heterocycles. The second kappa shape index (κ2) is 5.77. The van der Waals surface area contributed by atoms with Gasteiger partial charge in [-0.1, -0.05) is 30.3 Å². The number of likely N-dealkylation sites (tertiary alicyclic amines) is 1. The fourth-order valence-electron chi connectivity index (χ4n) is 2.38. The number of carbonyl (C=O) groups is 2. The van der Waals surface area contributed by atoms with Crippen LogP contribution in [-0.4, -0.2) is 54.0 Å². The number of Topliss-reactive ketones (excluding diaryl/α,β-unsaturated/α-hetero) is 1. The molecule has 0 bridgehead atoms. The lowest BCUT2D eigenvalue weighted by Gasteiger charge is -2.32. The van der Waals surface area contributed by atoms with Gasteiger partial charge in [0.2, 0.25) is 0 Å². The molecule has 1 heterocycles. The molecule has 0 radical (unpaired) electrons. The number of nitrogens with zero attached hydrogens (tertiary/aromatic N) is 2. The van der Waals surface area contributed by atoms with Gasteiger partial charge < -0.3 is 14.9 Å². The molecule has 1 atom stereocenters. The number of carbonyl (C=O) groups excluding carboxylic acids is 1. The maximum atomic E-state index is 12.5. The van der Waals surface area contributed by atoms with Crippen LogP contribution in [0.25, 0.3) is 0 Å². The molecule has 1 N–H and O–H groups in total. The molecule has 106 valence electrons. The molecular formula is C15H18N2O3. The molecule has 1 aliphatic heterocycles. The number of hydrogen-bond acceptors (Lipinski definition) is 3. The molecule has 20 heavy (non-hydrogen) atoms. The number of ketones is 1. The van der Waals surface area contributed by atoms with Gasteiger partial charge in [0, 0.05) is 32.4 Å². The van der Waals surface area contributed by atoms with Crippen molar-refractivity contribution >= 4 is 11.9 Å². The topological polar surface area (TPSA) is 60.9 Å². The van der Waals surface area contributed by atoms with Gasteiger partial charge in [0.25, 0.3) is 0 Å². The van der Waals surface area contributed by atoms with E-state index in [0.29, 0.717) is 5.57 Å². The van der Waals surface area contributed by atoms with E-state index in [1.165, 1.54) is 4.90 Å². The fraction of sp³-hybridized carbons (Fsp3) is 0.333. The quantitative estimate of drug-likeness (QED) is 0.835. The van der Waals surface area contributed by atoms with E-state index in [1.54, 1.807) is 11.1 Å². The Kier molecular flexibility index (Phi) is 4.08. The van der Waals surface area contributed by atoms with E-state index in [9.17, 15) is 14.7 Å². The number of rotatable bonds is 2. The Labute approximate surface area is 118 Å². The predicted octanol–water partition coefficient (Wildman–Crippen LogP) is 1.78. The molecule has 5 nitrogen and oxygen atoms in total. The highest BCUT2D eigenvalue weighted by atomic mass is 16.4. The normalized spacial score (nSPS) is 21.1. The first kappa shape index (κ1) is 14.1. The molecule has 5 heteroatoms. The fourth-order valence-corrected chi connectivity index (χ4v) is 2.38. The van der Waals surface area contributed by atoms with Crippen molar-refractivity contribution in [2.24, 2.45) is 0 Å². The van der Waals surface area contributed by atoms with Gasteiger partial charge in [-0.2, -0.15) is 0 Å². The highest BCUT2D eigenvalue weighted by Gasteiger charge is 2.34. The summed E-state index contributed by atoms with van der Waals surface area (Å²) in [5, 5.41) is 9.21. The van der Waals surface area contributed by atoms with Crippen molar-refractivity contribution < 1.29 is 14.7 Å². The van der Waals surface area contributed by atoms with Crippen LogP contribution in [-0.2, 0) is 4.79 Å². The highest BCUT2D eigenvalue weighted by molar-refractivity contribution is 6.02. The average molecular weight is 274 g/mol. The third-order valence-electron chi connectivity index (χ3n) is 3.28. The summed E-state index contributed by atoms with van der Waals surface area (Å²) >= 11 is 0. The molecular weight excluding hydrogens is 256 g/mol. The van der Waals surface area contributed by atoms with E-state index in [0.717, 1.165) is 5.56 Å². The average Bonchev–Trinajstić information content (AvgIpc) is 2.41. The summed E-state index contributed by atoms with van der Waals surface area (Å²) in [5.41, 5.74) is 1.38. The van der Waals surface area contributed by atoms with E-state index in [4.69, 9.17) is 0 Å². The zero-order valence-electron chi connectivity index (χ0n) is 11.6. The molecule has 2 rings (SSSR count). The van der Waals surface area contributed by atoms with E-state index in [2.05, 4.69) is 0 Å². The smallest absolute Gasteiger partial charge is 0.407 e. The number of carboxylic acid groups (broad SMARTS) is 1. The largest absolute Gasteiger partial charge is 0.465 e. The first-order valence-electron chi connectivity index (χ1n) is 6.43. The zero-order valence-corrected chi connectivity index (χ0v) is 11.6. The monoisotopic (exact) mass is 274 g/mol. The van der Waals surface area contributed by atoms with Crippen molar-refractivity contribution in [2.75, 3.05) is 27.2 Å². The van der Waals surface area contributed by atoms with Gasteiger partial charge in [0.15, 0.2) is 5.78 Å². The van der Waals surface area contributed by atoms with Gasteiger partial charge in [-0.05, 0) is 5.56 Å². The first-order chi connectivity index (χ1) is 9.49. The van der Waals surface area contributed by atoms with E-state index in [-0.39, 0.29) is 18.9 Å². The number of hydrogen-bond donors (Lipinski definition) is 1. The van der Waals surface area contributed by atoms with Crippen molar-refractivity contribution in [1.82, 2.24) is 9.80 Å². The predicted molar refractivity (Wildman–Crippen MR) is 75.6 cm³/mol. The Morgan fingerprint density at radius 2 is 2.00 bits per heavy atom. The minimum atomic E-state index is -0.997. The first-order valence-corrected chi connectivity index (χ1v) is 6.43. The Morgan fingerprint density at radius 1 is 1.35 bits per heavy atom. The van der Waals surface area contributed by atoms with Crippen LogP contribution in [0.2, 0.25) is 0 Å². The summed E-state index contributed by atoms with van der Waals surface area (Å²) in [7, 11) is 3.63. The maximum absolute atomic E-state index is 12.5. The van der Waals surface area contributed by atoms with Gasteiger partial charge in [0.05, 0.1) is 12.5 Å². The second-order valence-electron chi connectivity index (χ2n) is 5.11. The Bertz CT molecular complexity index is 537. The molecule has 1 amide bonds. The molecule has 1 unspecified atom stereocenters. The lowest BCUT2D eigenvalue weighted by atomic mass is 9.87. The molecule has 0 spiro atoms. The Balaban J connectivity index is 2.35. The summed E-state index contributed by atoms with van der Waals surface area (Å²) in [6, 6.07) is 9.32. The molecule has 1 aliphatic rings. The van der Waals surface area contributed by atoms with Crippen LogP contribution in [0.15, 0.2) is 42.1 Å². The third kappa shape index (κ3) is 2.99. The second-order valence-corrected chi connectivity index (χ2v) is 5.11. The lowest BCUT2D eigenvalue weighted by Crippen LogP contribution is -2.44. The summed E-state index contributed by atoms with van der Waals surface area (Å²) in [6.07, 6.45) is 0.705. The number of piperidine rings is 1. The zero-order chi connectivity index (χ0) is 14.7. The van der Waals surface area contributed by atoms with Crippen molar-refractivity contribution in [3.8, 4) is 0 Å². The minimum absolute atomic E-state index is 0.00222. The van der Waals surface area contributed by atoms with Crippen molar-refractivity contribution in [2.45, 2.75) is 5.92 Å². The van der Waals surface area contributed by atoms with E-state index in [1.807, 2.05) is 44.4 Å². The molecule has 1 aromatic carbocycles. The van der Waals surface area contributed by atoms with Gasteiger partial charge in [-0.15, -0.1) is 0 Å². The van der Waals surface area contributed by atoms with Crippen LogP contribution < -0.4 is 0 Å². The van der Waals surface area contributed by atoms with Crippen molar-refractivity contribution in [1.29, 1.82) is 0 Å². The van der Waals surface area contributed by atoms with Gasteiger partial charge >= 0.3 is 6.09 Å². The molecule has 0 aromatic heterocycles. The van der Waals surface area contributed by atoms with Crippen LogP contribution >= 0.6 is 0 Å². The van der Waals surface area contributed by atoms with E-state index < -0.39 is 12.0 Å². The number of benzene rings is 1. The minimum Gasteiger partial charge on any atom is -0.465 e. The molecule has 0 aliphatic carbocycles.